The van der Waals surface area contributed by atoms with Crippen molar-refractivity contribution in [2.24, 2.45) is 0 Å². The molecular weight excluding hydrogens is 370 g/mol. The second-order valence-electron chi connectivity index (χ2n) is 7.16. The zero-order chi connectivity index (χ0) is 19.9. The van der Waals surface area contributed by atoms with E-state index in [9.17, 15) is 4.79 Å². The Hall–Kier alpha value is -2.71. The van der Waals surface area contributed by atoms with E-state index in [4.69, 9.17) is 14.5 Å². The lowest BCUT2D eigenvalue weighted by atomic mass is 10.2. The first-order valence-corrected chi connectivity index (χ1v) is 10.1. The van der Waals surface area contributed by atoms with Gasteiger partial charge in [-0.2, -0.15) is 4.98 Å². The van der Waals surface area contributed by atoms with Crippen molar-refractivity contribution in [2.45, 2.75) is 6.61 Å². The number of ether oxygens (including phenoxy) is 2. The molecule has 154 valence electrons. The first-order chi connectivity index (χ1) is 14.3. The highest BCUT2D eigenvalue weighted by Gasteiger charge is 2.23. The maximum absolute atomic E-state index is 12.4. The first-order valence-electron chi connectivity index (χ1n) is 10.1. The highest BCUT2D eigenvalue weighted by Crippen LogP contribution is 2.17. The molecule has 0 atom stereocenters. The molecule has 8 nitrogen and oxygen atoms in total. The van der Waals surface area contributed by atoms with Crippen LogP contribution < -0.4 is 9.80 Å². The van der Waals surface area contributed by atoms with Gasteiger partial charge in [0, 0.05) is 45.5 Å². The highest BCUT2D eigenvalue weighted by molar-refractivity contribution is 5.77. The summed E-state index contributed by atoms with van der Waals surface area (Å²) in [6.45, 7) is 6.47. The number of aromatic nitrogens is 2. The molecule has 2 aromatic rings. The minimum atomic E-state index is 0.0391. The van der Waals surface area contributed by atoms with E-state index in [1.54, 1.807) is 0 Å². The van der Waals surface area contributed by atoms with Gasteiger partial charge in [-0.25, -0.2) is 4.98 Å². The van der Waals surface area contributed by atoms with E-state index in [1.807, 2.05) is 47.5 Å². The lowest BCUT2D eigenvalue weighted by molar-refractivity contribution is -0.136. The van der Waals surface area contributed by atoms with Gasteiger partial charge >= 0.3 is 0 Å². The van der Waals surface area contributed by atoms with Gasteiger partial charge in [-0.05, 0) is 11.6 Å². The van der Waals surface area contributed by atoms with Crippen LogP contribution >= 0.6 is 0 Å². The zero-order valence-electron chi connectivity index (χ0n) is 16.6. The number of hydrogen-bond acceptors (Lipinski definition) is 7. The van der Waals surface area contributed by atoms with E-state index in [0.717, 1.165) is 43.5 Å². The summed E-state index contributed by atoms with van der Waals surface area (Å²) in [6, 6.07) is 11.8. The van der Waals surface area contributed by atoms with Crippen LogP contribution in [-0.2, 0) is 20.9 Å². The Morgan fingerprint density at radius 2 is 1.72 bits per heavy atom. The third-order valence-corrected chi connectivity index (χ3v) is 5.22. The normalized spacial score (nSPS) is 17.4. The van der Waals surface area contributed by atoms with E-state index in [2.05, 4.69) is 14.8 Å². The van der Waals surface area contributed by atoms with Crippen molar-refractivity contribution in [3.05, 3.63) is 48.2 Å². The van der Waals surface area contributed by atoms with Gasteiger partial charge in [0.2, 0.25) is 11.9 Å². The van der Waals surface area contributed by atoms with Crippen LogP contribution in [0.4, 0.5) is 11.8 Å². The highest BCUT2D eigenvalue weighted by atomic mass is 16.5. The van der Waals surface area contributed by atoms with Gasteiger partial charge in [-0.1, -0.05) is 30.3 Å². The molecule has 29 heavy (non-hydrogen) atoms. The molecule has 3 heterocycles. The molecule has 2 aliphatic rings. The third kappa shape index (κ3) is 5.21. The van der Waals surface area contributed by atoms with Crippen molar-refractivity contribution in [3.8, 4) is 0 Å². The summed E-state index contributed by atoms with van der Waals surface area (Å²) in [5.74, 6) is 1.70. The predicted molar refractivity (Wildman–Crippen MR) is 110 cm³/mol. The van der Waals surface area contributed by atoms with Crippen molar-refractivity contribution >= 4 is 17.7 Å². The number of benzene rings is 1. The topological polar surface area (TPSA) is 71.0 Å². The molecule has 0 radical (unpaired) electrons. The summed E-state index contributed by atoms with van der Waals surface area (Å²) in [7, 11) is 0. The average molecular weight is 397 g/mol. The van der Waals surface area contributed by atoms with Crippen LogP contribution in [0.25, 0.3) is 0 Å². The van der Waals surface area contributed by atoms with Crippen molar-refractivity contribution in [2.75, 3.05) is 68.9 Å². The van der Waals surface area contributed by atoms with Crippen LogP contribution in [0, 0.1) is 0 Å². The van der Waals surface area contributed by atoms with Crippen molar-refractivity contribution in [3.63, 3.8) is 0 Å². The number of carbonyl (C=O) groups excluding carboxylic acids is 1. The number of carbonyl (C=O) groups is 1. The van der Waals surface area contributed by atoms with Gasteiger partial charge in [0.15, 0.2) is 0 Å². The third-order valence-electron chi connectivity index (χ3n) is 5.22. The molecule has 0 bridgehead atoms. The summed E-state index contributed by atoms with van der Waals surface area (Å²) in [5.41, 5.74) is 1.07. The minimum Gasteiger partial charge on any atom is -0.378 e. The smallest absolute Gasteiger partial charge is 0.248 e. The van der Waals surface area contributed by atoms with E-state index < -0.39 is 0 Å². The van der Waals surface area contributed by atoms with Crippen molar-refractivity contribution in [1.29, 1.82) is 0 Å². The second-order valence-corrected chi connectivity index (χ2v) is 7.16. The molecule has 2 fully saturated rings. The fourth-order valence-electron chi connectivity index (χ4n) is 3.54. The van der Waals surface area contributed by atoms with Crippen LogP contribution in [0.5, 0.6) is 0 Å². The van der Waals surface area contributed by atoms with Gasteiger partial charge in [0.25, 0.3) is 0 Å². The standard InChI is InChI=1S/C21H27N5O3/c27-20(17-29-16-18-4-2-1-3-5-18)25-10-8-24(9-11-25)19-6-7-22-21(23-19)26-12-14-28-15-13-26/h1-7H,8-17H2. The quantitative estimate of drug-likeness (QED) is 0.725. The number of morpholine rings is 1. The summed E-state index contributed by atoms with van der Waals surface area (Å²) in [6.07, 6.45) is 1.81. The SMILES string of the molecule is O=C(COCc1ccccc1)N1CCN(c2ccnc(N3CCOCC3)n2)CC1. The van der Waals surface area contributed by atoms with Crippen molar-refractivity contribution < 1.29 is 14.3 Å². The number of amides is 1. The van der Waals surface area contributed by atoms with E-state index in [-0.39, 0.29) is 12.5 Å². The van der Waals surface area contributed by atoms with Crippen LogP contribution in [0.2, 0.25) is 0 Å². The van der Waals surface area contributed by atoms with E-state index in [0.29, 0.717) is 32.9 Å². The summed E-state index contributed by atoms with van der Waals surface area (Å²) in [4.78, 5) is 27.8. The first kappa shape index (κ1) is 19.6. The van der Waals surface area contributed by atoms with Crippen molar-refractivity contribution in [1.82, 2.24) is 14.9 Å². The number of hydrogen-bond donors (Lipinski definition) is 0. The molecule has 4 rings (SSSR count). The van der Waals surface area contributed by atoms with E-state index >= 15 is 0 Å². The monoisotopic (exact) mass is 397 g/mol. The Morgan fingerprint density at radius 3 is 2.48 bits per heavy atom. The molecule has 1 amide bonds. The fraction of sp³-hybridized carbons (Fsp3) is 0.476. The van der Waals surface area contributed by atoms with Gasteiger partial charge in [0.1, 0.15) is 12.4 Å². The molecule has 0 aliphatic carbocycles. The number of anilines is 2. The Balaban J connectivity index is 1.25. The second kappa shape index (κ2) is 9.67. The molecule has 1 aromatic heterocycles. The molecule has 1 aromatic carbocycles. The van der Waals surface area contributed by atoms with Crippen LogP contribution in [-0.4, -0.2) is 79.9 Å². The average Bonchev–Trinajstić information content (AvgIpc) is 2.80. The number of nitrogens with zero attached hydrogens (tertiary/aromatic N) is 5. The van der Waals surface area contributed by atoms with Crippen LogP contribution in [0.1, 0.15) is 5.56 Å². The van der Waals surface area contributed by atoms with Gasteiger partial charge in [-0.3, -0.25) is 4.79 Å². The Morgan fingerprint density at radius 1 is 0.966 bits per heavy atom. The molecule has 0 spiro atoms. The molecule has 0 saturated carbocycles. The molecule has 2 aliphatic heterocycles. The summed E-state index contributed by atoms with van der Waals surface area (Å²) in [5, 5.41) is 0. The molecule has 2 saturated heterocycles. The van der Waals surface area contributed by atoms with E-state index in [1.165, 1.54) is 0 Å². The Labute approximate surface area is 171 Å². The minimum absolute atomic E-state index is 0.0391. The maximum atomic E-state index is 12.4. The lowest BCUT2D eigenvalue weighted by Gasteiger charge is -2.36. The number of rotatable bonds is 6. The summed E-state index contributed by atoms with van der Waals surface area (Å²) < 4.78 is 11.0. The molecule has 0 unspecified atom stereocenters. The largest absolute Gasteiger partial charge is 0.378 e. The molecule has 0 N–H and O–H groups in total. The Bertz CT molecular complexity index is 790. The lowest BCUT2D eigenvalue weighted by Crippen LogP contribution is -2.50. The van der Waals surface area contributed by atoms with Gasteiger partial charge in [0.05, 0.1) is 19.8 Å². The van der Waals surface area contributed by atoms with Crippen LogP contribution in [0.15, 0.2) is 42.6 Å². The number of piperazine rings is 1. The van der Waals surface area contributed by atoms with Crippen LogP contribution in [0.3, 0.4) is 0 Å². The molecule has 8 heteroatoms. The maximum Gasteiger partial charge on any atom is 0.248 e. The fourth-order valence-corrected chi connectivity index (χ4v) is 3.54. The molecular formula is C21H27N5O3. The zero-order valence-corrected chi connectivity index (χ0v) is 16.6. The summed E-state index contributed by atoms with van der Waals surface area (Å²) >= 11 is 0. The van der Waals surface area contributed by atoms with Gasteiger partial charge in [-0.15, -0.1) is 0 Å². The van der Waals surface area contributed by atoms with Gasteiger partial charge < -0.3 is 24.2 Å². The Kier molecular flexibility index (Phi) is 6.53. The predicted octanol–water partition coefficient (Wildman–Crippen LogP) is 1.18.